The number of likely N-dealkylation sites (tertiary alicyclic amines) is 1. The summed E-state index contributed by atoms with van der Waals surface area (Å²) >= 11 is 3.06. The van der Waals surface area contributed by atoms with Gasteiger partial charge in [-0.1, -0.05) is 0 Å². The van der Waals surface area contributed by atoms with Crippen LogP contribution < -0.4 is 10.5 Å². The van der Waals surface area contributed by atoms with Crippen LogP contribution in [0.25, 0.3) is 0 Å². The van der Waals surface area contributed by atoms with Crippen molar-refractivity contribution >= 4 is 31.6 Å². The molecule has 0 amide bonds. The van der Waals surface area contributed by atoms with E-state index < -0.39 is 20.7 Å². The average molecular weight is 366 g/mol. The summed E-state index contributed by atoms with van der Waals surface area (Å²) in [4.78, 5) is 1.76. The molecule has 2 rings (SSSR count). The fourth-order valence-corrected chi connectivity index (χ4v) is 3.60. The van der Waals surface area contributed by atoms with E-state index in [1.165, 1.54) is 0 Å². The third-order valence-corrected chi connectivity index (χ3v) is 5.42. The number of hydrogen-bond acceptors (Lipinski definition) is 4. The summed E-state index contributed by atoms with van der Waals surface area (Å²) in [5, 5.41) is 0. The van der Waals surface area contributed by atoms with Crippen molar-refractivity contribution in [1.29, 1.82) is 0 Å². The fraction of sp³-hybridized carbons (Fsp3) is 0.500. The zero-order valence-electron chi connectivity index (χ0n) is 10.9. The molecule has 0 atom stereocenters. The highest BCUT2D eigenvalue weighted by Crippen LogP contribution is 2.25. The van der Waals surface area contributed by atoms with Gasteiger partial charge in [0.1, 0.15) is 10.7 Å². The van der Waals surface area contributed by atoms with Gasteiger partial charge in [0.25, 0.3) is 0 Å². The highest BCUT2D eigenvalue weighted by molar-refractivity contribution is 9.10. The number of rotatable bonds is 5. The zero-order chi connectivity index (χ0) is 14.8. The maximum Gasteiger partial charge on any atom is 0.243 e. The molecule has 0 aromatic heterocycles. The minimum absolute atomic E-state index is 0.186. The van der Waals surface area contributed by atoms with Crippen molar-refractivity contribution < 1.29 is 12.8 Å². The molecule has 1 aromatic carbocycles. The van der Waals surface area contributed by atoms with Gasteiger partial charge in [0, 0.05) is 23.2 Å². The van der Waals surface area contributed by atoms with E-state index in [9.17, 15) is 12.8 Å². The standard InChI is InChI=1S/C12H17BrFN3O2S/c13-9-7-10(14)12(8-11(9)15)20(18,19)16-3-6-17-4-1-2-5-17/h7-8,16H,1-6,15H2. The zero-order valence-corrected chi connectivity index (χ0v) is 13.3. The Balaban J connectivity index is 2.04. The van der Waals surface area contributed by atoms with Gasteiger partial charge in [0.2, 0.25) is 10.0 Å². The molecule has 1 aliphatic heterocycles. The Bertz CT molecular complexity index is 589. The molecule has 112 valence electrons. The van der Waals surface area contributed by atoms with Crippen LogP contribution in [0.4, 0.5) is 10.1 Å². The Hall–Kier alpha value is -0.700. The lowest BCUT2D eigenvalue weighted by atomic mass is 10.3. The van der Waals surface area contributed by atoms with E-state index >= 15 is 0 Å². The quantitative estimate of drug-likeness (QED) is 0.776. The lowest BCUT2D eigenvalue weighted by molar-refractivity contribution is 0.344. The van der Waals surface area contributed by atoms with Gasteiger partial charge in [0.15, 0.2) is 0 Å². The van der Waals surface area contributed by atoms with Gasteiger partial charge in [-0.15, -0.1) is 0 Å². The van der Waals surface area contributed by atoms with Gasteiger partial charge in [0.05, 0.1) is 0 Å². The number of nitrogens with two attached hydrogens (primary N) is 1. The van der Waals surface area contributed by atoms with Gasteiger partial charge in [-0.25, -0.2) is 17.5 Å². The first-order chi connectivity index (χ1) is 9.40. The second-order valence-corrected chi connectivity index (χ2v) is 7.34. The molecular formula is C12H17BrFN3O2S. The Morgan fingerprint density at radius 1 is 1.35 bits per heavy atom. The van der Waals surface area contributed by atoms with E-state index in [0.29, 0.717) is 11.0 Å². The molecule has 1 aliphatic rings. The largest absolute Gasteiger partial charge is 0.398 e. The molecule has 0 saturated carbocycles. The predicted molar refractivity (Wildman–Crippen MR) is 79.4 cm³/mol. The Kier molecular flexibility index (Phi) is 5.00. The molecule has 1 fully saturated rings. The SMILES string of the molecule is Nc1cc(S(=O)(=O)NCCN2CCCC2)c(F)cc1Br. The number of nitrogen functional groups attached to an aromatic ring is 1. The first-order valence-corrected chi connectivity index (χ1v) is 8.64. The highest BCUT2D eigenvalue weighted by Gasteiger charge is 2.21. The smallest absolute Gasteiger partial charge is 0.243 e. The lowest BCUT2D eigenvalue weighted by Gasteiger charge is -2.15. The van der Waals surface area contributed by atoms with Crippen LogP contribution in [-0.2, 0) is 10.0 Å². The summed E-state index contributed by atoms with van der Waals surface area (Å²) in [5.41, 5.74) is 5.79. The third kappa shape index (κ3) is 3.69. The molecule has 0 unspecified atom stereocenters. The second-order valence-electron chi connectivity index (χ2n) is 4.75. The van der Waals surface area contributed by atoms with E-state index in [-0.39, 0.29) is 12.2 Å². The van der Waals surface area contributed by atoms with Crippen LogP contribution in [0.15, 0.2) is 21.5 Å². The molecule has 0 spiro atoms. The van der Waals surface area contributed by atoms with Crippen molar-refractivity contribution in [2.24, 2.45) is 0 Å². The van der Waals surface area contributed by atoms with Gasteiger partial charge in [-0.3, -0.25) is 0 Å². The van der Waals surface area contributed by atoms with E-state index in [2.05, 4.69) is 25.6 Å². The summed E-state index contributed by atoms with van der Waals surface area (Å²) in [6.07, 6.45) is 2.29. The van der Waals surface area contributed by atoms with E-state index in [0.717, 1.165) is 38.1 Å². The summed E-state index contributed by atoms with van der Waals surface area (Å²) in [5.74, 6) is -0.820. The van der Waals surface area contributed by atoms with Crippen LogP contribution in [0.5, 0.6) is 0 Å². The van der Waals surface area contributed by atoms with Crippen molar-refractivity contribution in [3.8, 4) is 0 Å². The molecule has 1 heterocycles. The minimum Gasteiger partial charge on any atom is -0.398 e. The monoisotopic (exact) mass is 365 g/mol. The fourth-order valence-electron chi connectivity index (χ4n) is 2.17. The van der Waals surface area contributed by atoms with Crippen molar-refractivity contribution in [2.45, 2.75) is 17.7 Å². The van der Waals surface area contributed by atoms with Crippen LogP contribution in [-0.4, -0.2) is 39.5 Å². The van der Waals surface area contributed by atoms with Crippen LogP contribution in [0.3, 0.4) is 0 Å². The number of anilines is 1. The second kappa shape index (κ2) is 6.38. The Morgan fingerprint density at radius 3 is 2.65 bits per heavy atom. The average Bonchev–Trinajstić information content (AvgIpc) is 2.86. The van der Waals surface area contributed by atoms with Crippen LogP contribution >= 0.6 is 15.9 Å². The van der Waals surface area contributed by atoms with Crippen LogP contribution in [0, 0.1) is 5.82 Å². The van der Waals surface area contributed by atoms with Gasteiger partial charge in [-0.05, 0) is 54.0 Å². The first-order valence-electron chi connectivity index (χ1n) is 6.37. The first kappa shape index (κ1) is 15.7. The number of hydrogen-bond donors (Lipinski definition) is 2. The molecular weight excluding hydrogens is 349 g/mol. The summed E-state index contributed by atoms with van der Waals surface area (Å²) in [7, 11) is -3.87. The van der Waals surface area contributed by atoms with Crippen molar-refractivity contribution in [3.05, 3.63) is 22.4 Å². The number of sulfonamides is 1. The molecule has 8 heteroatoms. The maximum absolute atomic E-state index is 13.7. The molecule has 3 N–H and O–H groups in total. The van der Waals surface area contributed by atoms with E-state index in [4.69, 9.17) is 5.73 Å². The number of benzene rings is 1. The van der Waals surface area contributed by atoms with Crippen molar-refractivity contribution in [3.63, 3.8) is 0 Å². The highest BCUT2D eigenvalue weighted by atomic mass is 79.9. The minimum atomic E-state index is -3.87. The molecule has 5 nitrogen and oxygen atoms in total. The van der Waals surface area contributed by atoms with Gasteiger partial charge in [-0.2, -0.15) is 0 Å². The predicted octanol–water partition coefficient (Wildman–Crippen LogP) is 1.54. The van der Waals surface area contributed by atoms with Gasteiger partial charge < -0.3 is 10.6 Å². The lowest BCUT2D eigenvalue weighted by Crippen LogP contribution is -2.33. The van der Waals surface area contributed by atoms with E-state index in [1.807, 2.05) is 0 Å². The third-order valence-electron chi connectivity index (χ3n) is 3.26. The van der Waals surface area contributed by atoms with Crippen LogP contribution in [0.1, 0.15) is 12.8 Å². The van der Waals surface area contributed by atoms with Crippen molar-refractivity contribution in [1.82, 2.24) is 9.62 Å². The Labute approximate surface area is 126 Å². The molecule has 0 aliphatic carbocycles. The topological polar surface area (TPSA) is 75.4 Å². The molecule has 0 bridgehead atoms. The van der Waals surface area contributed by atoms with Crippen LogP contribution in [0.2, 0.25) is 0 Å². The number of nitrogens with zero attached hydrogens (tertiary/aromatic N) is 1. The van der Waals surface area contributed by atoms with E-state index in [1.54, 1.807) is 0 Å². The summed E-state index contributed by atoms with van der Waals surface area (Å²) in [6, 6.07) is 2.18. The number of halogens is 2. The molecule has 1 saturated heterocycles. The molecule has 0 radical (unpaired) electrons. The molecule has 1 aromatic rings. The summed E-state index contributed by atoms with van der Waals surface area (Å²) in [6.45, 7) is 2.87. The number of nitrogens with one attached hydrogen (secondary N) is 1. The maximum atomic E-state index is 13.7. The normalized spacial score (nSPS) is 16.7. The van der Waals surface area contributed by atoms with Crippen molar-refractivity contribution in [2.75, 3.05) is 31.9 Å². The van der Waals surface area contributed by atoms with Gasteiger partial charge >= 0.3 is 0 Å². The summed E-state index contributed by atoms with van der Waals surface area (Å²) < 4.78 is 40.6. The molecule has 20 heavy (non-hydrogen) atoms. The Morgan fingerprint density at radius 2 is 2.00 bits per heavy atom.